The van der Waals surface area contributed by atoms with Crippen molar-refractivity contribution in [1.29, 1.82) is 0 Å². The van der Waals surface area contributed by atoms with Crippen LogP contribution in [-0.4, -0.2) is 24.2 Å². The fourth-order valence-electron chi connectivity index (χ4n) is 1.91. The Morgan fingerprint density at radius 3 is 2.90 bits per heavy atom. The Labute approximate surface area is 134 Å². The maximum absolute atomic E-state index is 6.03. The van der Waals surface area contributed by atoms with E-state index in [-0.39, 0.29) is 0 Å². The summed E-state index contributed by atoms with van der Waals surface area (Å²) in [4.78, 5) is 1.92. The van der Waals surface area contributed by atoms with Gasteiger partial charge in [-0.1, -0.05) is 11.6 Å². The van der Waals surface area contributed by atoms with Crippen LogP contribution in [0.1, 0.15) is 11.3 Å². The molecular weight excluding hydrogens is 308 g/mol. The van der Waals surface area contributed by atoms with E-state index in [1.807, 2.05) is 36.2 Å². The number of benzene rings is 1. The number of ether oxygens (including phenoxy) is 1. The molecule has 1 aromatic heterocycles. The lowest BCUT2D eigenvalue weighted by Gasteiger charge is -2.22. The van der Waals surface area contributed by atoms with Crippen LogP contribution in [0.4, 0.5) is 0 Å². The third-order valence-corrected chi connectivity index (χ3v) is 3.68. The molecule has 0 radical (unpaired) electrons. The van der Waals surface area contributed by atoms with E-state index in [0.717, 1.165) is 17.1 Å². The van der Waals surface area contributed by atoms with Crippen LogP contribution in [0.2, 0.25) is 5.02 Å². The molecule has 0 amide bonds. The number of nitrogens with one attached hydrogen (secondary N) is 1. The number of furan rings is 1. The van der Waals surface area contributed by atoms with E-state index in [2.05, 4.69) is 5.32 Å². The summed E-state index contributed by atoms with van der Waals surface area (Å²) >= 11 is 11.4. The van der Waals surface area contributed by atoms with Gasteiger partial charge in [0.15, 0.2) is 5.11 Å². The number of nitrogens with zero attached hydrogens (tertiary/aromatic N) is 1. The molecule has 0 fully saturated rings. The van der Waals surface area contributed by atoms with Gasteiger partial charge < -0.3 is 19.4 Å². The van der Waals surface area contributed by atoms with Gasteiger partial charge in [0.25, 0.3) is 0 Å². The minimum absolute atomic E-state index is 0.558. The highest BCUT2D eigenvalue weighted by atomic mass is 35.5. The van der Waals surface area contributed by atoms with E-state index in [9.17, 15) is 0 Å². The number of halogens is 1. The third kappa shape index (κ3) is 4.37. The van der Waals surface area contributed by atoms with Crippen LogP contribution in [-0.2, 0) is 13.1 Å². The van der Waals surface area contributed by atoms with Crippen LogP contribution in [0.3, 0.4) is 0 Å². The Morgan fingerprint density at radius 1 is 1.43 bits per heavy atom. The average Bonchev–Trinajstić information content (AvgIpc) is 2.98. The van der Waals surface area contributed by atoms with E-state index in [1.54, 1.807) is 19.4 Å². The first kappa shape index (κ1) is 15.7. The molecule has 0 aliphatic heterocycles. The van der Waals surface area contributed by atoms with Crippen LogP contribution in [0.5, 0.6) is 5.75 Å². The lowest BCUT2D eigenvalue weighted by atomic mass is 10.2. The Balaban J connectivity index is 1.95. The van der Waals surface area contributed by atoms with Crippen molar-refractivity contribution in [2.45, 2.75) is 13.1 Å². The average molecular weight is 325 g/mol. The van der Waals surface area contributed by atoms with Crippen LogP contribution < -0.4 is 10.1 Å². The Morgan fingerprint density at radius 2 is 2.24 bits per heavy atom. The van der Waals surface area contributed by atoms with Gasteiger partial charge in [-0.15, -0.1) is 0 Å². The smallest absolute Gasteiger partial charge is 0.169 e. The van der Waals surface area contributed by atoms with E-state index in [4.69, 9.17) is 33.0 Å². The lowest BCUT2D eigenvalue weighted by Crippen LogP contribution is -2.36. The molecule has 0 unspecified atom stereocenters. The number of methoxy groups -OCH3 is 1. The summed E-state index contributed by atoms with van der Waals surface area (Å²) in [7, 11) is 3.55. The molecule has 0 spiro atoms. The van der Waals surface area contributed by atoms with Gasteiger partial charge in [-0.05, 0) is 42.5 Å². The van der Waals surface area contributed by atoms with Gasteiger partial charge in [0, 0.05) is 24.2 Å². The van der Waals surface area contributed by atoms with Crippen molar-refractivity contribution in [2.75, 3.05) is 14.2 Å². The predicted molar refractivity (Wildman–Crippen MR) is 87.6 cm³/mol. The van der Waals surface area contributed by atoms with Gasteiger partial charge in [0.05, 0.1) is 19.9 Å². The molecular formula is C15H17ClN2O2S. The van der Waals surface area contributed by atoms with E-state index >= 15 is 0 Å². The monoisotopic (exact) mass is 324 g/mol. The van der Waals surface area contributed by atoms with Gasteiger partial charge >= 0.3 is 0 Å². The molecule has 0 atom stereocenters. The molecule has 1 N–H and O–H groups in total. The zero-order valence-corrected chi connectivity index (χ0v) is 13.5. The number of rotatable bonds is 5. The minimum Gasteiger partial charge on any atom is -0.496 e. The minimum atomic E-state index is 0.558. The Kier molecular flexibility index (Phi) is 5.47. The lowest BCUT2D eigenvalue weighted by molar-refractivity contribution is 0.397. The summed E-state index contributed by atoms with van der Waals surface area (Å²) in [6, 6.07) is 9.28. The van der Waals surface area contributed by atoms with Crippen LogP contribution in [0, 0.1) is 0 Å². The normalized spacial score (nSPS) is 10.2. The molecule has 1 heterocycles. The third-order valence-electron chi connectivity index (χ3n) is 2.99. The number of hydrogen-bond acceptors (Lipinski definition) is 3. The topological polar surface area (TPSA) is 37.6 Å². The largest absolute Gasteiger partial charge is 0.496 e. The van der Waals surface area contributed by atoms with Crippen molar-refractivity contribution in [1.82, 2.24) is 10.2 Å². The van der Waals surface area contributed by atoms with Crippen molar-refractivity contribution < 1.29 is 9.15 Å². The second-order valence-corrected chi connectivity index (χ2v) is 5.37. The predicted octanol–water partition coefficient (Wildman–Crippen LogP) is 3.45. The molecule has 4 nitrogen and oxygen atoms in total. The van der Waals surface area contributed by atoms with Gasteiger partial charge in [-0.25, -0.2) is 0 Å². The zero-order chi connectivity index (χ0) is 15.2. The van der Waals surface area contributed by atoms with E-state index < -0.39 is 0 Å². The zero-order valence-electron chi connectivity index (χ0n) is 11.9. The maximum atomic E-state index is 6.03. The molecule has 2 aromatic rings. The Hall–Kier alpha value is -1.72. The summed E-state index contributed by atoms with van der Waals surface area (Å²) in [5.74, 6) is 1.63. The molecule has 21 heavy (non-hydrogen) atoms. The molecule has 0 aliphatic rings. The quantitative estimate of drug-likeness (QED) is 0.853. The van der Waals surface area contributed by atoms with Crippen molar-refractivity contribution in [3.63, 3.8) is 0 Å². The summed E-state index contributed by atoms with van der Waals surface area (Å²) in [6.45, 7) is 1.16. The molecule has 0 bridgehead atoms. The molecule has 0 saturated carbocycles. The SMILES string of the molecule is COc1ccc(Cl)cc1CN(C)C(=S)NCc1ccco1. The van der Waals surface area contributed by atoms with Crippen molar-refractivity contribution >= 4 is 28.9 Å². The fourth-order valence-corrected chi connectivity index (χ4v) is 2.24. The number of hydrogen-bond donors (Lipinski definition) is 1. The van der Waals surface area contributed by atoms with Crippen molar-refractivity contribution in [2.24, 2.45) is 0 Å². The molecule has 112 valence electrons. The maximum Gasteiger partial charge on any atom is 0.169 e. The molecule has 2 rings (SSSR count). The second kappa shape index (κ2) is 7.33. The van der Waals surface area contributed by atoms with Crippen LogP contribution in [0.15, 0.2) is 41.0 Å². The highest BCUT2D eigenvalue weighted by Gasteiger charge is 2.10. The Bertz CT molecular complexity index is 602. The second-order valence-electron chi connectivity index (χ2n) is 4.55. The fraction of sp³-hybridized carbons (Fsp3) is 0.267. The highest BCUT2D eigenvalue weighted by Crippen LogP contribution is 2.23. The standard InChI is InChI=1S/C15H17ClN2O2S/c1-18(15(21)17-9-13-4-3-7-20-13)10-11-8-12(16)5-6-14(11)19-2/h3-8H,9-10H2,1-2H3,(H,17,21). The highest BCUT2D eigenvalue weighted by molar-refractivity contribution is 7.80. The number of thiocarbonyl (C=S) groups is 1. The summed E-state index contributed by atoms with van der Waals surface area (Å²) in [5.41, 5.74) is 0.981. The first-order chi connectivity index (χ1) is 10.1. The first-order valence-electron chi connectivity index (χ1n) is 6.44. The first-order valence-corrected chi connectivity index (χ1v) is 7.22. The van der Waals surface area contributed by atoms with Crippen LogP contribution >= 0.6 is 23.8 Å². The van der Waals surface area contributed by atoms with Crippen molar-refractivity contribution in [3.05, 3.63) is 52.9 Å². The summed E-state index contributed by atoms with van der Waals surface area (Å²) < 4.78 is 10.6. The van der Waals surface area contributed by atoms with Crippen LogP contribution in [0.25, 0.3) is 0 Å². The van der Waals surface area contributed by atoms with Gasteiger partial charge in [0.2, 0.25) is 0 Å². The van der Waals surface area contributed by atoms with Gasteiger partial charge in [0.1, 0.15) is 11.5 Å². The summed E-state index contributed by atoms with van der Waals surface area (Å²) in [5, 5.41) is 4.45. The van der Waals surface area contributed by atoms with Crippen molar-refractivity contribution in [3.8, 4) is 5.75 Å². The molecule has 0 aliphatic carbocycles. The summed E-state index contributed by atoms with van der Waals surface area (Å²) in [6.07, 6.45) is 1.64. The van der Waals surface area contributed by atoms with Gasteiger partial charge in [-0.3, -0.25) is 0 Å². The van der Waals surface area contributed by atoms with Gasteiger partial charge in [-0.2, -0.15) is 0 Å². The molecule has 1 aromatic carbocycles. The molecule has 0 saturated heterocycles. The molecule has 6 heteroatoms. The van der Waals surface area contributed by atoms with E-state index in [0.29, 0.717) is 23.2 Å². The van der Waals surface area contributed by atoms with E-state index in [1.165, 1.54) is 0 Å².